The summed E-state index contributed by atoms with van der Waals surface area (Å²) in [5.41, 5.74) is 0.512. The standard InChI is InChI=1S/C17H21N3O3S2/c1-10(2)9-12-13(19-15(25-12)14-18-5-8-24-14)16(21)20-6-3-11(4-7-20)17(22)23/h5,8,10-11H,3-4,6-7,9H2,1-2H3,(H,22,23). The Labute approximate surface area is 154 Å². The molecule has 1 aliphatic heterocycles. The summed E-state index contributed by atoms with van der Waals surface area (Å²) in [7, 11) is 0. The van der Waals surface area contributed by atoms with Gasteiger partial charge in [0.2, 0.25) is 0 Å². The fourth-order valence-electron chi connectivity index (χ4n) is 2.93. The number of thiazole rings is 2. The first-order valence-corrected chi connectivity index (χ1v) is 10.1. The molecule has 1 saturated heterocycles. The predicted molar refractivity (Wildman–Crippen MR) is 98.0 cm³/mol. The molecule has 0 unspecified atom stereocenters. The molecule has 25 heavy (non-hydrogen) atoms. The average molecular weight is 380 g/mol. The summed E-state index contributed by atoms with van der Waals surface area (Å²) in [6.07, 6.45) is 3.55. The van der Waals surface area contributed by atoms with Crippen LogP contribution in [0.1, 0.15) is 42.1 Å². The van der Waals surface area contributed by atoms with Crippen LogP contribution in [0, 0.1) is 11.8 Å². The molecule has 0 bridgehead atoms. The van der Waals surface area contributed by atoms with Crippen molar-refractivity contribution < 1.29 is 14.7 Å². The van der Waals surface area contributed by atoms with Crippen LogP contribution in [0.4, 0.5) is 0 Å². The highest BCUT2D eigenvalue weighted by Gasteiger charge is 2.30. The molecule has 1 aliphatic rings. The Bertz CT molecular complexity index is 747. The van der Waals surface area contributed by atoms with Crippen molar-refractivity contribution in [1.29, 1.82) is 0 Å². The van der Waals surface area contributed by atoms with E-state index < -0.39 is 5.97 Å². The van der Waals surface area contributed by atoms with Crippen LogP contribution in [0.15, 0.2) is 11.6 Å². The molecule has 1 fully saturated rings. The van der Waals surface area contributed by atoms with Gasteiger partial charge in [0.15, 0.2) is 10.0 Å². The van der Waals surface area contributed by atoms with Crippen LogP contribution in [0.5, 0.6) is 0 Å². The molecule has 8 heteroatoms. The van der Waals surface area contributed by atoms with E-state index in [1.54, 1.807) is 11.1 Å². The molecule has 0 spiro atoms. The van der Waals surface area contributed by atoms with Crippen molar-refractivity contribution in [3.63, 3.8) is 0 Å². The van der Waals surface area contributed by atoms with Crippen LogP contribution in [-0.2, 0) is 11.2 Å². The molecule has 6 nitrogen and oxygen atoms in total. The van der Waals surface area contributed by atoms with Crippen LogP contribution < -0.4 is 0 Å². The van der Waals surface area contributed by atoms with Gasteiger partial charge >= 0.3 is 5.97 Å². The number of carboxylic acids is 1. The number of aromatic nitrogens is 2. The fraction of sp³-hybridized carbons (Fsp3) is 0.529. The van der Waals surface area contributed by atoms with Crippen molar-refractivity contribution in [2.24, 2.45) is 11.8 Å². The number of aliphatic carboxylic acids is 1. The van der Waals surface area contributed by atoms with Gasteiger partial charge in [0.05, 0.1) is 5.92 Å². The van der Waals surface area contributed by atoms with Crippen molar-refractivity contribution in [2.75, 3.05) is 13.1 Å². The first-order chi connectivity index (χ1) is 12.0. The first-order valence-electron chi connectivity index (χ1n) is 8.37. The normalized spacial score (nSPS) is 15.7. The smallest absolute Gasteiger partial charge is 0.306 e. The summed E-state index contributed by atoms with van der Waals surface area (Å²) in [6.45, 7) is 5.19. The van der Waals surface area contributed by atoms with E-state index in [0.29, 0.717) is 37.5 Å². The molecule has 1 amide bonds. The Kier molecular flexibility index (Phi) is 5.48. The topological polar surface area (TPSA) is 83.4 Å². The zero-order valence-electron chi connectivity index (χ0n) is 14.3. The Morgan fingerprint density at radius 2 is 2.04 bits per heavy atom. The zero-order valence-corrected chi connectivity index (χ0v) is 15.9. The van der Waals surface area contributed by atoms with E-state index in [1.807, 2.05) is 5.38 Å². The summed E-state index contributed by atoms with van der Waals surface area (Å²) in [5.74, 6) is -0.778. The van der Waals surface area contributed by atoms with Gasteiger partial charge in [-0.2, -0.15) is 0 Å². The van der Waals surface area contributed by atoms with Crippen LogP contribution in [0.2, 0.25) is 0 Å². The van der Waals surface area contributed by atoms with Gasteiger partial charge in [0, 0.05) is 29.5 Å². The third kappa shape index (κ3) is 4.07. The Morgan fingerprint density at radius 1 is 1.32 bits per heavy atom. The lowest BCUT2D eigenvalue weighted by molar-refractivity contribution is -0.143. The number of likely N-dealkylation sites (tertiary alicyclic amines) is 1. The maximum Gasteiger partial charge on any atom is 0.306 e. The monoisotopic (exact) mass is 379 g/mol. The molecule has 0 saturated carbocycles. The minimum atomic E-state index is -0.771. The molecule has 134 valence electrons. The number of carbonyl (C=O) groups excluding carboxylic acids is 1. The van der Waals surface area contributed by atoms with E-state index in [2.05, 4.69) is 23.8 Å². The minimum absolute atomic E-state index is 0.0847. The van der Waals surface area contributed by atoms with Gasteiger partial charge in [-0.25, -0.2) is 9.97 Å². The van der Waals surface area contributed by atoms with Gasteiger partial charge < -0.3 is 10.0 Å². The highest BCUT2D eigenvalue weighted by molar-refractivity contribution is 7.20. The predicted octanol–water partition coefficient (Wildman–Crippen LogP) is 3.40. The number of carboxylic acid groups (broad SMARTS) is 1. The van der Waals surface area contributed by atoms with Crippen molar-refractivity contribution in [1.82, 2.24) is 14.9 Å². The summed E-state index contributed by atoms with van der Waals surface area (Å²) in [5, 5.41) is 12.6. The summed E-state index contributed by atoms with van der Waals surface area (Å²) < 4.78 is 0. The van der Waals surface area contributed by atoms with Crippen LogP contribution in [-0.4, -0.2) is 44.9 Å². The number of rotatable bonds is 5. The van der Waals surface area contributed by atoms with Crippen LogP contribution in [0.25, 0.3) is 10.0 Å². The van der Waals surface area contributed by atoms with E-state index in [1.165, 1.54) is 22.7 Å². The third-order valence-corrected chi connectivity index (χ3v) is 6.23. The van der Waals surface area contributed by atoms with E-state index in [9.17, 15) is 9.59 Å². The largest absolute Gasteiger partial charge is 0.481 e. The minimum Gasteiger partial charge on any atom is -0.481 e. The number of piperidine rings is 1. The van der Waals surface area contributed by atoms with Crippen LogP contribution >= 0.6 is 22.7 Å². The van der Waals surface area contributed by atoms with Crippen LogP contribution in [0.3, 0.4) is 0 Å². The van der Waals surface area contributed by atoms with E-state index in [-0.39, 0.29) is 11.8 Å². The summed E-state index contributed by atoms with van der Waals surface area (Å²) in [6, 6.07) is 0. The number of nitrogens with zero attached hydrogens (tertiary/aromatic N) is 3. The van der Waals surface area contributed by atoms with Crippen molar-refractivity contribution in [2.45, 2.75) is 33.1 Å². The van der Waals surface area contributed by atoms with Gasteiger partial charge in [-0.05, 0) is 25.2 Å². The van der Waals surface area contributed by atoms with Crippen molar-refractivity contribution in [3.8, 4) is 10.0 Å². The summed E-state index contributed by atoms with van der Waals surface area (Å²) >= 11 is 3.05. The second kappa shape index (κ2) is 7.61. The lowest BCUT2D eigenvalue weighted by Crippen LogP contribution is -2.40. The molecular weight excluding hydrogens is 358 g/mol. The number of carbonyl (C=O) groups is 2. The Balaban J connectivity index is 1.82. The van der Waals surface area contributed by atoms with E-state index in [0.717, 1.165) is 21.3 Å². The van der Waals surface area contributed by atoms with Gasteiger partial charge in [0.1, 0.15) is 5.69 Å². The SMILES string of the molecule is CC(C)Cc1sc(-c2nccs2)nc1C(=O)N1CCC(C(=O)O)CC1. The van der Waals surface area contributed by atoms with Gasteiger partial charge in [-0.1, -0.05) is 13.8 Å². The lowest BCUT2D eigenvalue weighted by Gasteiger charge is -2.29. The zero-order chi connectivity index (χ0) is 18.0. The molecule has 2 aromatic rings. The van der Waals surface area contributed by atoms with Gasteiger partial charge in [-0.15, -0.1) is 22.7 Å². The Hall–Kier alpha value is -1.80. The average Bonchev–Trinajstić information content (AvgIpc) is 3.23. The first kappa shape index (κ1) is 18.0. The number of hydrogen-bond donors (Lipinski definition) is 1. The molecule has 0 aromatic carbocycles. The van der Waals surface area contributed by atoms with Gasteiger partial charge in [0.25, 0.3) is 5.91 Å². The lowest BCUT2D eigenvalue weighted by atomic mass is 9.97. The van der Waals surface area contributed by atoms with Crippen molar-refractivity contribution >= 4 is 34.6 Å². The summed E-state index contributed by atoms with van der Waals surface area (Å²) in [4.78, 5) is 35.7. The quantitative estimate of drug-likeness (QED) is 0.861. The molecule has 1 N–H and O–H groups in total. The maximum atomic E-state index is 13.0. The second-order valence-electron chi connectivity index (χ2n) is 6.63. The molecule has 0 radical (unpaired) electrons. The molecule has 0 aliphatic carbocycles. The molecular formula is C17H21N3O3S2. The van der Waals surface area contributed by atoms with E-state index in [4.69, 9.17) is 5.11 Å². The third-order valence-electron chi connectivity index (χ3n) is 4.24. The highest BCUT2D eigenvalue weighted by atomic mass is 32.1. The Morgan fingerprint density at radius 3 is 2.60 bits per heavy atom. The molecule has 0 atom stereocenters. The second-order valence-corrected chi connectivity index (χ2v) is 8.61. The van der Waals surface area contributed by atoms with Crippen molar-refractivity contribution in [3.05, 3.63) is 22.1 Å². The highest BCUT2D eigenvalue weighted by Crippen LogP contribution is 2.32. The van der Waals surface area contributed by atoms with Gasteiger partial charge in [-0.3, -0.25) is 9.59 Å². The number of hydrogen-bond acceptors (Lipinski definition) is 6. The maximum absolute atomic E-state index is 13.0. The molecule has 2 aromatic heterocycles. The fourth-order valence-corrected chi connectivity index (χ4v) is 4.87. The van der Waals surface area contributed by atoms with E-state index >= 15 is 0 Å². The molecule has 3 rings (SSSR count). The molecule has 3 heterocycles. The number of amides is 1.